The lowest BCUT2D eigenvalue weighted by molar-refractivity contribution is -0.130. The summed E-state index contributed by atoms with van der Waals surface area (Å²) in [6.07, 6.45) is 0.833. The third kappa shape index (κ3) is 3.01. The molecule has 0 saturated carbocycles. The average Bonchev–Trinajstić information content (AvgIpc) is 2.76. The molecule has 1 aromatic carbocycles. The predicted molar refractivity (Wildman–Crippen MR) is 71.1 cm³/mol. The number of nitrogens with zero attached hydrogens (tertiary/aromatic N) is 1. The first-order chi connectivity index (χ1) is 8.56. The molecule has 1 heterocycles. The van der Waals surface area contributed by atoms with Gasteiger partial charge in [-0.05, 0) is 30.0 Å². The number of hydrogen-bond donors (Lipinski definition) is 2. The van der Waals surface area contributed by atoms with Crippen molar-refractivity contribution in [3.05, 3.63) is 29.8 Å². The zero-order valence-corrected chi connectivity index (χ0v) is 10.7. The van der Waals surface area contributed by atoms with Crippen LogP contribution in [-0.4, -0.2) is 35.1 Å². The van der Waals surface area contributed by atoms with Crippen LogP contribution in [0, 0.1) is 0 Å². The number of aliphatic hydroxyl groups is 1. The molecule has 0 bridgehead atoms. The molecule has 1 amide bonds. The van der Waals surface area contributed by atoms with E-state index in [1.807, 2.05) is 31.2 Å². The van der Waals surface area contributed by atoms with Crippen molar-refractivity contribution in [1.29, 1.82) is 0 Å². The first-order valence-electron chi connectivity index (χ1n) is 6.37. The lowest BCUT2D eigenvalue weighted by Gasteiger charge is -2.18. The number of carbonyl (C=O) groups excluding carboxylic acids is 1. The highest BCUT2D eigenvalue weighted by molar-refractivity contribution is 5.77. The van der Waals surface area contributed by atoms with Crippen molar-refractivity contribution in [2.24, 2.45) is 0 Å². The van der Waals surface area contributed by atoms with E-state index in [-0.39, 0.29) is 17.9 Å². The summed E-state index contributed by atoms with van der Waals surface area (Å²) < 4.78 is 0. The molecule has 4 nitrogen and oxygen atoms in total. The molecule has 2 rings (SSSR count). The maximum absolute atomic E-state index is 12.0. The van der Waals surface area contributed by atoms with Crippen LogP contribution in [0.15, 0.2) is 24.3 Å². The number of nitrogen functional groups attached to an aromatic ring is 1. The van der Waals surface area contributed by atoms with Gasteiger partial charge in [0.05, 0.1) is 6.10 Å². The normalized spacial score (nSPS) is 21.0. The lowest BCUT2D eigenvalue weighted by Crippen LogP contribution is -2.30. The summed E-state index contributed by atoms with van der Waals surface area (Å²) >= 11 is 0. The fraction of sp³-hybridized carbons (Fsp3) is 0.500. The van der Waals surface area contributed by atoms with Crippen LogP contribution in [0.1, 0.15) is 31.2 Å². The topological polar surface area (TPSA) is 66.6 Å². The minimum absolute atomic E-state index is 0.121. The van der Waals surface area contributed by atoms with Gasteiger partial charge < -0.3 is 15.7 Å². The summed E-state index contributed by atoms with van der Waals surface area (Å²) in [5.74, 6) is 0.298. The molecule has 98 valence electrons. The fourth-order valence-electron chi connectivity index (χ4n) is 2.30. The Labute approximate surface area is 107 Å². The van der Waals surface area contributed by atoms with Crippen LogP contribution >= 0.6 is 0 Å². The Hall–Kier alpha value is -1.55. The molecule has 1 aliphatic heterocycles. The minimum atomic E-state index is -0.347. The van der Waals surface area contributed by atoms with Crippen LogP contribution < -0.4 is 5.73 Å². The molecule has 1 saturated heterocycles. The summed E-state index contributed by atoms with van der Waals surface area (Å²) in [5.41, 5.74) is 7.50. The van der Waals surface area contributed by atoms with Crippen LogP contribution in [0.4, 0.5) is 5.69 Å². The Morgan fingerprint density at radius 1 is 1.50 bits per heavy atom. The summed E-state index contributed by atoms with van der Waals surface area (Å²) in [5, 5.41) is 9.42. The quantitative estimate of drug-likeness (QED) is 0.794. The van der Waals surface area contributed by atoms with Crippen LogP contribution in [0.25, 0.3) is 0 Å². The number of carbonyl (C=O) groups is 1. The lowest BCUT2D eigenvalue weighted by atomic mass is 9.97. The van der Waals surface area contributed by atoms with E-state index in [9.17, 15) is 9.90 Å². The molecule has 0 radical (unpaired) electrons. The van der Waals surface area contributed by atoms with Gasteiger partial charge in [-0.1, -0.05) is 19.1 Å². The number of likely N-dealkylation sites (tertiary alicyclic amines) is 1. The number of anilines is 1. The molecular formula is C14H20N2O2. The molecule has 0 spiro atoms. The van der Waals surface area contributed by atoms with Gasteiger partial charge in [0, 0.05) is 25.2 Å². The highest BCUT2D eigenvalue weighted by Gasteiger charge is 2.25. The second kappa shape index (κ2) is 5.40. The van der Waals surface area contributed by atoms with Crippen LogP contribution in [0.3, 0.4) is 0 Å². The Bertz CT molecular complexity index is 416. The predicted octanol–water partition coefficient (Wildman–Crippen LogP) is 1.36. The highest BCUT2D eigenvalue weighted by Crippen LogP contribution is 2.22. The number of aliphatic hydroxyl groups excluding tert-OH is 1. The average molecular weight is 248 g/mol. The SMILES string of the molecule is CC(CC(=O)N1CCC(O)C1)c1ccc(N)cc1. The van der Waals surface area contributed by atoms with Crippen molar-refractivity contribution >= 4 is 11.6 Å². The van der Waals surface area contributed by atoms with E-state index in [1.165, 1.54) is 0 Å². The molecule has 0 aromatic heterocycles. The zero-order chi connectivity index (χ0) is 13.1. The number of nitrogens with two attached hydrogens (primary N) is 1. The van der Waals surface area contributed by atoms with Crippen molar-refractivity contribution in [2.45, 2.75) is 31.8 Å². The number of benzene rings is 1. The maximum Gasteiger partial charge on any atom is 0.223 e. The van der Waals surface area contributed by atoms with Gasteiger partial charge in [0.1, 0.15) is 0 Å². The molecule has 4 heteroatoms. The smallest absolute Gasteiger partial charge is 0.223 e. The molecule has 1 aromatic rings. The molecular weight excluding hydrogens is 228 g/mol. The van der Waals surface area contributed by atoms with E-state index < -0.39 is 0 Å². The first kappa shape index (κ1) is 12.9. The third-order valence-corrected chi connectivity index (χ3v) is 3.50. The summed E-state index contributed by atoms with van der Waals surface area (Å²) in [6.45, 7) is 3.19. The van der Waals surface area contributed by atoms with Crippen molar-refractivity contribution in [3.63, 3.8) is 0 Å². The third-order valence-electron chi connectivity index (χ3n) is 3.50. The van der Waals surface area contributed by atoms with E-state index in [1.54, 1.807) is 4.90 Å². The van der Waals surface area contributed by atoms with Crippen LogP contribution in [0.2, 0.25) is 0 Å². The van der Waals surface area contributed by atoms with Gasteiger partial charge in [0.15, 0.2) is 0 Å². The maximum atomic E-state index is 12.0. The molecule has 1 fully saturated rings. The number of hydrogen-bond acceptors (Lipinski definition) is 3. The second-order valence-corrected chi connectivity index (χ2v) is 5.05. The Morgan fingerprint density at radius 2 is 2.17 bits per heavy atom. The second-order valence-electron chi connectivity index (χ2n) is 5.05. The van der Waals surface area contributed by atoms with Crippen LogP contribution in [-0.2, 0) is 4.79 Å². The van der Waals surface area contributed by atoms with Crippen molar-refractivity contribution in [1.82, 2.24) is 4.90 Å². The summed E-state index contributed by atoms with van der Waals surface area (Å²) in [4.78, 5) is 13.8. The van der Waals surface area contributed by atoms with Gasteiger partial charge in [0.2, 0.25) is 5.91 Å². The standard InChI is InChI=1S/C14H20N2O2/c1-10(11-2-4-12(15)5-3-11)8-14(18)16-7-6-13(17)9-16/h2-5,10,13,17H,6-9,15H2,1H3. The van der Waals surface area contributed by atoms with Gasteiger partial charge in [-0.3, -0.25) is 4.79 Å². The Balaban J connectivity index is 1.92. The number of rotatable bonds is 3. The van der Waals surface area contributed by atoms with Gasteiger partial charge in [-0.25, -0.2) is 0 Å². The minimum Gasteiger partial charge on any atom is -0.399 e. The molecule has 2 unspecified atom stereocenters. The van der Waals surface area contributed by atoms with Crippen LogP contribution in [0.5, 0.6) is 0 Å². The molecule has 0 aliphatic carbocycles. The summed E-state index contributed by atoms with van der Waals surface area (Å²) in [6, 6.07) is 7.64. The van der Waals surface area contributed by atoms with Gasteiger partial charge >= 0.3 is 0 Å². The van der Waals surface area contributed by atoms with Gasteiger partial charge in [-0.2, -0.15) is 0 Å². The van der Waals surface area contributed by atoms with Gasteiger partial charge in [0.25, 0.3) is 0 Å². The van der Waals surface area contributed by atoms with Crippen molar-refractivity contribution in [3.8, 4) is 0 Å². The van der Waals surface area contributed by atoms with Crippen molar-refractivity contribution in [2.75, 3.05) is 18.8 Å². The van der Waals surface area contributed by atoms with Crippen molar-refractivity contribution < 1.29 is 9.90 Å². The monoisotopic (exact) mass is 248 g/mol. The fourth-order valence-corrected chi connectivity index (χ4v) is 2.30. The Morgan fingerprint density at radius 3 is 2.72 bits per heavy atom. The molecule has 1 aliphatic rings. The summed E-state index contributed by atoms with van der Waals surface area (Å²) in [7, 11) is 0. The van der Waals surface area contributed by atoms with Gasteiger partial charge in [-0.15, -0.1) is 0 Å². The molecule has 2 atom stereocenters. The molecule has 18 heavy (non-hydrogen) atoms. The first-order valence-corrected chi connectivity index (χ1v) is 6.37. The molecule has 3 N–H and O–H groups in total. The van der Waals surface area contributed by atoms with E-state index in [0.29, 0.717) is 25.9 Å². The largest absolute Gasteiger partial charge is 0.399 e. The van der Waals surface area contributed by atoms with E-state index in [0.717, 1.165) is 11.3 Å². The highest BCUT2D eigenvalue weighted by atomic mass is 16.3. The van der Waals surface area contributed by atoms with E-state index in [2.05, 4.69) is 0 Å². The number of amides is 1. The Kier molecular flexibility index (Phi) is 3.87. The zero-order valence-electron chi connectivity index (χ0n) is 10.7. The number of β-amino-alcohol motifs (C(OH)–C–C–N with tert-alkyl or cyclic N) is 1. The van der Waals surface area contributed by atoms with E-state index in [4.69, 9.17) is 5.73 Å². The van der Waals surface area contributed by atoms with E-state index >= 15 is 0 Å².